The predicted octanol–water partition coefficient (Wildman–Crippen LogP) is 5.13. The predicted molar refractivity (Wildman–Crippen MR) is 139 cm³/mol. The molecule has 0 amide bonds. The molecule has 1 fully saturated rings. The van der Waals surface area contributed by atoms with Crippen molar-refractivity contribution in [3.05, 3.63) is 77.8 Å². The molecule has 196 valence electrons. The molecule has 4 aromatic rings. The Hall–Kier alpha value is -3.89. The molecular formula is C28H28F2N6O2. The maximum absolute atomic E-state index is 15.1. The van der Waals surface area contributed by atoms with E-state index in [-0.39, 0.29) is 35.1 Å². The van der Waals surface area contributed by atoms with Crippen LogP contribution in [0.2, 0.25) is 0 Å². The average Bonchev–Trinajstić information content (AvgIpc) is 3.53. The fraction of sp³-hybridized carbons (Fsp3) is 0.321. The number of halogens is 2. The van der Waals surface area contributed by atoms with E-state index in [1.54, 1.807) is 30.7 Å². The molecular weight excluding hydrogens is 490 g/mol. The van der Waals surface area contributed by atoms with Crippen molar-refractivity contribution in [3.63, 3.8) is 0 Å². The number of hydrogen-bond donors (Lipinski definition) is 2. The lowest BCUT2D eigenvalue weighted by Crippen LogP contribution is -2.25. The highest BCUT2D eigenvalue weighted by atomic mass is 19.1. The van der Waals surface area contributed by atoms with Gasteiger partial charge in [0.15, 0.2) is 0 Å². The molecule has 1 saturated heterocycles. The van der Waals surface area contributed by atoms with E-state index in [4.69, 9.17) is 15.2 Å². The molecule has 0 bridgehead atoms. The monoisotopic (exact) mass is 518 g/mol. The van der Waals surface area contributed by atoms with Crippen LogP contribution >= 0.6 is 0 Å². The minimum absolute atomic E-state index is 0.000626. The zero-order valence-corrected chi connectivity index (χ0v) is 20.9. The number of benzene rings is 1. The number of hydrogen-bond acceptors (Lipinski definition) is 7. The molecule has 1 unspecified atom stereocenters. The Morgan fingerprint density at radius 1 is 1.16 bits per heavy atom. The van der Waals surface area contributed by atoms with Crippen molar-refractivity contribution in [1.82, 2.24) is 19.6 Å². The summed E-state index contributed by atoms with van der Waals surface area (Å²) >= 11 is 0. The van der Waals surface area contributed by atoms with Crippen LogP contribution in [-0.4, -0.2) is 44.9 Å². The number of pyridine rings is 1. The topological polar surface area (TPSA) is 99.6 Å². The quantitative estimate of drug-likeness (QED) is 0.341. The highest BCUT2D eigenvalue weighted by molar-refractivity contribution is 5.66. The average molecular weight is 519 g/mol. The van der Waals surface area contributed by atoms with Crippen LogP contribution < -0.4 is 15.8 Å². The molecule has 0 saturated carbocycles. The molecule has 6 rings (SSSR count). The Morgan fingerprint density at radius 3 is 2.76 bits per heavy atom. The summed E-state index contributed by atoms with van der Waals surface area (Å²) in [5.74, 6) is -0.749. The third kappa shape index (κ3) is 4.84. The van der Waals surface area contributed by atoms with Crippen molar-refractivity contribution < 1.29 is 18.3 Å². The minimum Gasteiger partial charge on any atom is -0.488 e. The van der Waals surface area contributed by atoms with E-state index < -0.39 is 11.6 Å². The number of nitrogens with zero attached hydrogens (tertiary/aromatic N) is 4. The molecule has 0 spiro atoms. The maximum atomic E-state index is 15.1. The summed E-state index contributed by atoms with van der Waals surface area (Å²) in [6.07, 6.45) is 9.46. The fourth-order valence-corrected chi connectivity index (χ4v) is 5.29. The molecule has 1 aliphatic carbocycles. The van der Waals surface area contributed by atoms with Crippen LogP contribution in [0.4, 0.5) is 20.4 Å². The van der Waals surface area contributed by atoms with Crippen LogP contribution in [0.25, 0.3) is 16.8 Å². The molecule has 1 aromatic carbocycles. The maximum Gasteiger partial charge on any atom is 0.229 e. The van der Waals surface area contributed by atoms with Gasteiger partial charge in [0.25, 0.3) is 0 Å². The summed E-state index contributed by atoms with van der Waals surface area (Å²) in [6.45, 7) is 3.07. The van der Waals surface area contributed by atoms with Gasteiger partial charge in [0, 0.05) is 30.8 Å². The largest absolute Gasteiger partial charge is 0.488 e. The number of anilines is 2. The van der Waals surface area contributed by atoms with Gasteiger partial charge in [-0.05, 0) is 49.4 Å². The highest BCUT2D eigenvalue weighted by Crippen LogP contribution is 2.37. The first-order valence-corrected chi connectivity index (χ1v) is 12.7. The molecule has 2 aliphatic rings. The standard InChI is InChI=1S/C28H28F2N6O2/c1-16-8-17(10-18(31)9-16)22-4-6-32-14-26(22)34-28-33-13-19-2-3-25(35-36(19)28)27-23(29)11-21(12-24(27)30)38-20-5-7-37-15-20/h2-4,6,9,11-14,17-18,20H,5,7-8,10,15,31H2,1H3,(H,33,34)/t17-,18+,20?/m1/s1. The van der Waals surface area contributed by atoms with E-state index in [1.165, 1.54) is 22.2 Å². The molecule has 3 atom stereocenters. The number of allylic oxidation sites excluding steroid dienone is 1. The lowest BCUT2D eigenvalue weighted by Gasteiger charge is -2.27. The molecule has 4 heterocycles. The number of aromatic nitrogens is 4. The molecule has 38 heavy (non-hydrogen) atoms. The zero-order valence-electron chi connectivity index (χ0n) is 20.9. The molecule has 10 heteroatoms. The van der Waals surface area contributed by atoms with E-state index >= 15 is 8.78 Å². The van der Waals surface area contributed by atoms with E-state index in [0.717, 1.165) is 24.1 Å². The van der Waals surface area contributed by atoms with Gasteiger partial charge >= 0.3 is 0 Å². The second kappa shape index (κ2) is 10.1. The Morgan fingerprint density at radius 2 is 2.00 bits per heavy atom. The summed E-state index contributed by atoms with van der Waals surface area (Å²) in [5.41, 5.74) is 9.94. The van der Waals surface area contributed by atoms with Crippen molar-refractivity contribution in [2.75, 3.05) is 18.5 Å². The Balaban J connectivity index is 1.31. The van der Waals surface area contributed by atoms with Gasteiger partial charge < -0.3 is 20.5 Å². The van der Waals surface area contributed by atoms with E-state index in [0.29, 0.717) is 31.1 Å². The number of nitrogens with two attached hydrogens (primary N) is 1. The van der Waals surface area contributed by atoms with Gasteiger partial charge in [-0.15, -0.1) is 0 Å². The van der Waals surface area contributed by atoms with Gasteiger partial charge in [-0.2, -0.15) is 9.61 Å². The Labute approximate surface area is 218 Å². The van der Waals surface area contributed by atoms with Gasteiger partial charge in [0.2, 0.25) is 5.95 Å². The van der Waals surface area contributed by atoms with Gasteiger partial charge in [-0.3, -0.25) is 4.98 Å². The van der Waals surface area contributed by atoms with Crippen LogP contribution in [0.3, 0.4) is 0 Å². The van der Waals surface area contributed by atoms with Gasteiger partial charge in [-0.1, -0.05) is 11.6 Å². The first-order chi connectivity index (χ1) is 18.4. The number of imidazole rings is 1. The minimum atomic E-state index is -0.757. The third-order valence-electron chi connectivity index (χ3n) is 7.01. The van der Waals surface area contributed by atoms with Crippen molar-refractivity contribution in [2.45, 2.75) is 44.2 Å². The smallest absolute Gasteiger partial charge is 0.229 e. The molecule has 0 radical (unpaired) electrons. The lowest BCUT2D eigenvalue weighted by molar-refractivity contribution is 0.141. The number of ether oxygens (including phenoxy) is 2. The molecule has 8 nitrogen and oxygen atoms in total. The first-order valence-electron chi connectivity index (χ1n) is 12.7. The summed E-state index contributed by atoms with van der Waals surface area (Å²) in [5, 5.41) is 7.85. The summed E-state index contributed by atoms with van der Waals surface area (Å²) < 4.78 is 42.7. The number of rotatable bonds is 6. The second-order valence-electron chi connectivity index (χ2n) is 9.90. The zero-order chi connectivity index (χ0) is 26.2. The van der Waals surface area contributed by atoms with Crippen molar-refractivity contribution >= 4 is 17.2 Å². The van der Waals surface area contributed by atoms with Gasteiger partial charge in [0.1, 0.15) is 23.5 Å². The van der Waals surface area contributed by atoms with Crippen LogP contribution in [0.1, 0.15) is 37.7 Å². The third-order valence-corrected chi connectivity index (χ3v) is 7.01. The Bertz CT molecular complexity index is 1490. The molecule has 3 aromatic heterocycles. The van der Waals surface area contributed by atoms with Crippen LogP contribution in [-0.2, 0) is 4.74 Å². The Kier molecular flexibility index (Phi) is 6.50. The summed E-state index contributed by atoms with van der Waals surface area (Å²) in [6, 6.07) is 7.64. The van der Waals surface area contributed by atoms with Gasteiger partial charge in [0.05, 0.1) is 48.1 Å². The van der Waals surface area contributed by atoms with Crippen molar-refractivity contribution in [2.24, 2.45) is 5.73 Å². The normalized spacial score (nSPS) is 21.5. The highest BCUT2D eigenvalue weighted by Gasteiger charge is 2.24. The van der Waals surface area contributed by atoms with E-state index in [1.807, 2.05) is 6.07 Å². The SMILES string of the molecule is CC1=C[C@H](N)C[C@H](c2ccncc2Nc2ncc3ccc(-c4c(F)cc(OC5CCOC5)cc4F)nn23)C1. The van der Waals surface area contributed by atoms with Crippen molar-refractivity contribution in [3.8, 4) is 17.0 Å². The summed E-state index contributed by atoms with van der Waals surface area (Å²) in [7, 11) is 0. The summed E-state index contributed by atoms with van der Waals surface area (Å²) in [4.78, 5) is 8.75. The van der Waals surface area contributed by atoms with Crippen LogP contribution in [0.15, 0.2) is 60.6 Å². The number of nitrogens with one attached hydrogen (secondary N) is 1. The van der Waals surface area contributed by atoms with Crippen LogP contribution in [0, 0.1) is 11.6 Å². The lowest BCUT2D eigenvalue weighted by atomic mass is 9.82. The fourth-order valence-electron chi connectivity index (χ4n) is 5.29. The number of fused-ring (bicyclic) bond motifs is 1. The second-order valence-corrected chi connectivity index (χ2v) is 9.90. The van der Waals surface area contributed by atoms with Crippen molar-refractivity contribution in [1.29, 1.82) is 0 Å². The van der Waals surface area contributed by atoms with E-state index in [9.17, 15) is 0 Å². The van der Waals surface area contributed by atoms with E-state index in [2.05, 4.69) is 33.4 Å². The van der Waals surface area contributed by atoms with Crippen LogP contribution in [0.5, 0.6) is 5.75 Å². The van der Waals surface area contributed by atoms with Gasteiger partial charge in [-0.25, -0.2) is 13.8 Å². The molecule has 1 aliphatic heterocycles. The first kappa shape index (κ1) is 24.4. The molecule has 3 N–H and O–H groups in total.